The van der Waals surface area contributed by atoms with Gasteiger partial charge in [0.05, 0.1) is 41.3 Å². The monoisotopic (exact) mass is 571 g/mol. The highest BCUT2D eigenvalue weighted by molar-refractivity contribution is 7.89. The van der Waals surface area contributed by atoms with Crippen LogP contribution in [0, 0.1) is 5.92 Å². The number of pyridine rings is 1. The molecule has 40 heavy (non-hydrogen) atoms. The SMILES string of the molecule is CCCOc1ccc(S(=O)(=O)N2CCC([C@@H]3COCO3)CC2)cc1C1=Nc2c(CCC)c(C=O)n(C)c(=O)c2C1. The van der Waals surface area contributed by atoms with E-state index >= 15 is 0 Å². The highest BCUT2D eigenvalue weighted by Gasteiger charge is 2.35. The van der Waals surface area contributed by atoms with Gasteiger partial charge >= 0.3 is 0 Å². The Hall–Kier alpha value is -2.86. The molecular formula is C29H37N3O7S. The van der Waals surface area contributed by atoms with Crippen LogP contribution in [-0.4, -0.2) is 68.5 Å². The average Bonchev–Trinajstić information content (AvgIpc) is 3.66. The summed E-state index contributed by atoms with van der Waals surface area (Å²) in [6.07, 6.45) is 4.55. The Balaban J connectivity index is 1.49. The van der Waals surface area contributed by atoms with E-state index in [9.17, 15) is 18.0 Å². The third-order valence-electron chi connectivity index (χ3n) is 8.04. The number of rotatable bonds is 10. The Morgan fingerprint density at radius 1 is 1.18 bits per heavy atom. The first-order valence-electron chi connectivity index (χ1n) is 14.0. The van der Waals surface area contributed by atoms with E-state index in [1.807, 2.05) is 13.8 Å². The summed E-state index contributed by atoms with van der Waals surface area (Å²) in [7, 11) is -2.17. The molecule has 10 nitrogen and oxygen atoms in total. The van der Waals surface area contributed by atoms with Crippen molar-refractivity contribution < 1.29 is 27.4 Å². The molecule has 0 aliphatic carbocycles. The fourth-order valence-corrected chi connectivity index (χ4v) is 7.34. The molecule has 0 amide bonds. The fourth-order valence-electron chi connectivity index (χ4n) is 5.85. The predicted molar refractivity (Wildman–Crippen MR) is 150 cm³/mol. The summed E-state index contributed by atoms with van der Waals surface area (Å²) in [5.74, 6) is 0.797. The number of hydrogen-bond acceptors (Lipinski definition) is 8. The molecule has 2 saturated heterocycles. The average molecular weight is 572 g/mol. The number of aliphatic imine (C=N–C) groups is 1. The summed E-state index contributed by atoms with van der Waals surface area (Å²) in [6.45, 7) is 6.14. The Bertz CT molecular complexity index is 1470. The van der Waals surface area contributed by atoms with Gasteiger partial charge in [-0.3, -0.25) is 14.6 Å². The van der Waals surface area contributed by atoms with Crippen molar-refractivity contribution in [3.05, 3.63) is 50.9 Å². The molecule has 216 valence electrons. The van der Waals surface area contributed by atoms with Gasteiger partial charge in [0.25, 0.3) is 5.56 Å². The minimum atomic E-state index is -3.77. The second-order valence-corrected chi connectivity index (χ2v) is 12.5. The van der Waals surface area contributed by atoms with Crippen molar-refractivity contribution in [3.8, 4) is 5.75 Å². The van der Waals surface area contributed by atoms with Crippen molar-refractivity contribution in [3.63, 3.8) is 0 Å². The third kappa shape index (κ3) is 5.27. The van der Waals surface area contributed by atoms with E-state index in [0.29, 0.717) is 92.6 Å². The summed E-state index contributed by atoms with van der Waals surface area (Å²) < 4.78 is 47.4. The number of fused-ring (bicyclic) bond motifs is 1. The van der Waals surface area contributed by atoms with E-state index in [0.717, 1.165) is 18.4 Å². The molecular weight excluding hydrogens is 534 g/mol. The Labute approximate surface area is 235 Å². The van der Waals surface area contributed by atoms with Crippen molar-refractivity contribution in [2.24, 2.45) is 18.0 Å². The molecule has 2 aromatic rings. The van der Waals surface area contributed by atoms with Gasteiger partial charge < -0.3 is 18.8 Å². The van der Waals surface area contributed by atoms with Gasteiger partial charge in [0.2, 0.25) is 10.0 Å². The van der Waals surface area contributed by atoms with Crippen LogP contribution in [-0.2, 0) is 39.4 Å². The number of nitrogens with zero attached hydrogens (tertiary/aromatic N) is 3. The van der Waals surface area contributed by atoms with Crippen molar-refractivity contribution in [2.45, 2.75) is 63.4 Å². The van der Waals surface area contributed by atoms with E-state index < -0.39 is 10.0 Å². The number of aromatic nitrogens is 1. The molecule has 0 unspecified atom stereocenters. The third-order valence-corrected chi connectivity index (χ3v) is 9.94. The van der Waals surface area contributed by atoms with E-state index in [1.165, 1.54) is 8.87 Å². The molecule has 4 heterocycles. The Morgan fingerprint density at radius 3 is 2.60 bits per heavy atom. The van der Waals surface area contributed by atoms with E-state index in [1.54, 1.807) is 25.2 Å². The molecule has 2 fully saturated rings. The Kier molecular flexibility index (Phi) is 8.55. The largest absolute Gasteiger partial charge is 0.493 e. The number of piperidine rings is 1. The molecule has 5 rings (SSSR count). The summed E-state index contributed by atoms with van der Waals surface area (Å²) >= 11 is 0. The van der Waals surface area contributed by atoms with E-state index in [-0.39, 0.29) is 28.9 Å². The first-order chi connectivity index (χ1) is 19.3. The molecule has 0 spiro atoms. The quantitative estimate of drug-likeness (QED) is 0.402. The molecule has 0 saturated carbocycles. The predicted octanol–water partition coefficient (Wildman–Crippen LogP) is 3.39. The number of aldehydes is 1. The van der Waals surface area contributed by atoms with Gasteiger partial charge in [-0.2, -0.15) is 4.31 Å². The topological polar surface area (TPSA) is 116 Å². The lowest BCUT2D eigenvalue weighted by molar-refractivity contribution is 0.0184. The lowest BCUT2D eigenvalue weighted by Gasteiger charge is -2.33. The summed E-state index contributed by atoms with van der Waals surface area (Å²) in [5.41, 5.74) is 2.95. The standard InChI is InChI=1S/C29H37N3O7S/c1-4-6-21-25(16-33)31(3)29(34)23-15-24(30-28(21)23)22-14-20(7-8-26(22)38-13-5-2)40(35,36)32-11-9-19(10-12-32)27-17-37-18-39-27/h7-8,14,16,19,27H,4-6,9-13,15,17-18H2,1-3H3/t27-/m0/s1. The summed E-state index contributed by atoms with van der Waals surface area (Å²) in [5, 5.41) is 0. The van der Waals surface area contributed by atoms with Crippen LogP contribution in [0.15, 0.2) is 32.9 Å². The minimum absolute atomic E-state index is 0.0264. The molecule has 1 atom stereocenters. The number of ether oxygens (including phenoxy) is 3. The smallest absolute Gasteiger partial charge is 0.256 e. The van der Waals surface area contributed by atoms with Crippen LogP contribution in [0.3, 0.4) is 0 Å². The molecule has 0 N–H and O–H groups in total. The first kappa shape index (κ1) is 28.7. The van der Waals surface area contributed by atoms with E-state index in [2.05, 4.69) is 0 Å². The van der Waals surface area contributed by atoms with Gasteiger partial charge in [0.15, 0.2) is 6.29 Å². The Morgan fingerprint density at radius 2 is 1.95 bits per heavy atom. The molecule has 0 radical (unpaired) electrons. The van der Waals surface area contributed by atoms with Crippen LogP contribution in [0.2, 0.25) is 0 Å². The molecule has 3 aliphatic heterocycles. The van der Waals surface area contributed by atoms with Gasteiger partial charge in [-0.15, -0.1) is 0 Å². The highest BCUT2D eigenvalue weighted by atomic mass is 32.2. The molecule has 3 aliphatic rings. The number of hydrogen-bond donors (Lipinski definition) is 0. The number of benzene rings is 1. The zero-order chi connectivity index (χ0) is 28.4. The second-order valence-electron chi connectivity index (χ2n) is 10.6. The van der Waals surface area contributed by atoms with Crippen LogP contribution < -0.4 is 10.3 Å². The van der Waals surface area contributed by atoms with Gasteiger partial charge in [-0.1, -0.05) is 20.3 Å². The van der Waals surface area contributed by atoms with Crippen molar-refractivity contribution in [2.75, 3.05) is 33.1 Å². The van der Waals surface area contributed by atoms with Crippen LogP contribution in [0.4, 0.5) is 5.69 Å². The minimum Gasteiger partial charge on any atom is -0.493 e. The lowest BCUT2D eigenvalue weighted by atomic mass is 9.93. The number of carbonyl (C=O) groups excluding carboxylic acids is 1. The number of sulfonamides is 1. The summed E-state index contributed by atoms with van der Waals surface area (Å²) in [6, 6.07) is 4.88. The number of carbonyl (C=O) groups is 1. The van der Waals surface area contributed by atoms with E-state index in [4.69, 9.17) is 19.2 Å². The second kappa shape index (κ2) is 11.9. The van der Waals surface area contributed by atoms with Crippen molar-refractivity contribution in [1.29, 1.82) is 0 Å². The van der Waals surface area contributed by atoms with Gasteiger partial charge in [0, 0.05) is 43.2 Å². The normalized spacial score (nSPS) is 20.0. The van der Waals surface area contributed by atoms with Gasteiger partial charge in [-0.05, 0) is 49.8 Å². The fraction of sp³-hybridized carbons (Fsp3) is 0.552. The first-order valence-corrected chi connectivity index (χ1v) is 15.5. The van der Waals surface area contributed by atoms with Crippen LogP contribution in [0.1, 0.15) is 66.7 Å². The molecule has 11 heteroatoms. The maximum atomic E-state index is 13.7. The molecule has 1 aromatic carbocycles. The van der Waals surface area contributed by atoms with Crippen molar-refractivity contribution in [1.82, 2.24) is 8.87 Å². The zero-order valence-corrected chi connectivity index (χ0v) is 24.2. The van der Waals surface area contributed by atoms with Crippen molar-refractivity contribution >= 4 is 27.7 Å². The van der Waals surface area contributed by atoms with Crippen LogP contribution in [0.5, 0.6) is 5.75 Å². The lowest BCUT2D eigenvalue weighted by Crippen LogP contribution is -2.41. The summed E-state index contributed by atoms with van der Waals surface area (Å²) in [4.78, 5) is 30.1. The van der Waals surface area contributed by atoms with Gasteiger partial charge in [-0.25, -0.2) is 8.42 Å². The highest BCUT2D eigenvalue weighted by Crippen LogP contribution is 2.36. The molecule has 0 bridgehead atoms. The van der Waals surface area contributed by atoms with Crippen LogP contribution >= 0.6 is 0 Å². The maximum Gasteiger partial charge on any atom is 0.256 e. The molecule has 1 aromatic heterocycles. The van der Waals surface area contributed by atoms with Gasteiger partial charge in [0.1, 0.15) is 12.5 Å². The van der Waals surface area contributed by atoms with Crippen LogP contribution in [0.25, 0.3) is 0 Å². The zero-order valence-electron chi connectivity index (χ0n) is 23.3. The maximum absolute atomic E-state index is 13.7.